The molecule has 0 saturated carbocycles. The minimum absolute atomic E-state index is 0.0211. The second kappa shape index (κ2) is 8.60. The second-order valence-electron chi connectivity index (χ2n) is 7.56. The fourth-order valence-corrected chi connectivity index (χ4v) is 5.24. The molecule has 1 amide bonds. The zero-order valence-electron chi connectivity index (χ0n) is 17.0. The number of amides is 1. The number of anilines is 1. The Morgan fingerprint density at radius 1 is 1.13 bits per heavy atom. The predicted octanol–water partition coefficient (Wildman–Crippen LogP) is 3.36. The highest BCUT2D eigenvalue weighted by molar-refractivity contribution is 7.89. The Bertz CT molecular complexity index is 1180. The number of nitrogens with zero attached hydrogens (tertiary/aromatic N) is 3. The van der Waals surface area contributed by atoms with Crippen molar-refractivity contribution in [3.63, 3.8) is 0 Å². The molecule has 1 N–H and O–H groups in total. The molecule has 1 aromatic heterocycles. The molecule has 0 bridgehead atoms. The molecule has 1 saturated heterocycles. The number of hydrogen-bond acceptors (Lipinski definition) is 4. The Morgan fingerprint density at radius 2 is 1.84 bits per heavy atom. The van der Waals surface area contributed by atoms with E-state index in [2.05, 4.69) is 10.4 Å². The number of rotatable bonds is 5. The van der Waals surface area contributed by atoms with Gasteiger partial charge in [-0.1, -0.05) is 18.2 Å². The van der Waals surface area contributed by atoms with Crippen molar-refractivity contribution in [1.29, 1.82) is 0 Å². The number of piperidine rings is 1. The molecule has 31 heavy (non-hydrogen) atoms. The van der Waals surface area contributed by atoms with Crippen molar-refractivity contribution in [3.8, 4) is 5.69 Å². The number of aryl methyl sites for hydroxylation is 1. The van der Waals surface area contributed by atoms with Crippen LogP contribution in [0.25, 0.3) is 5.69 Å². The van der Waals surface area contributed by atoms with Gasteiger partial charge in [-0.15, -0.1) is 0 Å². The molecule has 0 radical (unpaired) electrons. The summed E-state index contributed by atoms with van der Waals surface area (Å²) in [6, 6.07) is 16.0. The van der Waals surface area contributed by atoms with Crippen LogP contribution in [-0.4, -0.2) is 41.5 Å². The van der Waals surface area contributed by atoms with Gasteiger partial charge in [0.1, 0.15) is 11.6 Å². The highest BCUT2D eigenvalue weighted by Crippen LogP contribution is 2.26. The summed E-state index contributed by atoms with van der Waals surface area (Å²) in [5.74, 6) is -0.716. The molecule has 7 nitrogen and oxygen atoms in total. The molecule has 4 rings (SSSR count). The van der Waals surface area contributed by atoms with E-state index < -0.39 is 21.8 Å². The summed E-state index contributed by atoms with van der Waals surface area (Å²) in [5.41, 5.74) is 1.57. The van der Waals surface area contributed by atoms with Gasteiger partial charge in [0.05, 0.1) is 22.2 Å². The van der Waals surface area contributed by atoms with Crippen LogP contribution in [0.4, 0.5) is 10.2 Å². The monoisotopic (exact) mass is 442 g/mol. The van der Waals surface area contributed by atoms with Gasteiger partial charge in [0.15, 0.2) is 0 Å². The third-order valence-corrected chi connectivity index (χ3v) is 7.17. The first kappa shape index (κ1) is 21.2. The van der Waals surface area contributed by atoms with Crippen LogP contribution in [0.5, 0.6) is 0 Å². The normalized spacial score (nSPS) is 17.4. The van der Waals surface area contributed by atoms with Crippen molar-refractivity contribution in [3.05, 3.63) is 72.2 Å². The topological polar surface area (TPSA) is 84.3 Å². The van der Waals surface area contributed by atoms with E-state index in [-0.39, 0.29) is 17.3 Å². The predicted molar refractivity (Wildman–Crippen MR) is 115 cm³/mol. The van der Waals surface area contributed by atoms with Gasteiger partial charge in [-0.2, -0.15) is 9.40 Å². The Hall–Kier alpha value is -3.04. The minimum atomic E-state index is -3.80. The number of sulfonamides is 1. The summed E-state index contributed by atoms with van der Waals surface area (Å²) in [4.78, 5) is 13.0. The first-order valence-corrected chi connectivity index (χ1v) is 11.5. The third kappa shape index (κ3) is 4.52. The number of halogens is 1. The van der Waals surface area contributed by atoms with E-state index in [0.717, 1.165) is 23.5 Å². The molecular weight excluding hydrogens is 419 g/mol. The summed E-state index contributed by atoms with van der Waals surface area (Å²) < 4.78 is 42.0. The maximum atomic E-state index is 13.2. The summed E-state index contributed by atoms with van der Waals surface area (Å²) in [5, 5.41) is 7.35. The largest absolute Gasteiger partial charge is 0.310 e. The van der Waals surface area contributed by atoms with Crippen molar-refractivity contribution < 1.29 is 17.6 Å². The van der Waals surface area contributed by atoms with Gasteiger partial charge in [0.2, 0.25) is 15.9 Å². The van der Waals surface area contributed by atoms with Crippen molar-refractivity contribution in [2.75, 3.05) is 18.4 Å². The van der Waals surface area contributed by atoms with E-state index in [1.807, 2.05) is 37.3 Å². The van der Waals surface area contributed by atoms with Crippen LogP contribution in [0.15, 0.2) is 65.6 Å². The fourth-order valence-electron chi connectivity index (χ4n) is 3.71. The van der Waals surface area contributed by atoms with Crippen LogP contribution in [-0.2, 0) is 14.8 Å². The summed E-state index contributed by atoms with van der Waals surface area (Å²) in [6.07, 6.45) is 1.15. The van der Waals surface area contributed by atoms with Gasteiger partial charge in [0.25, 0.3) is 0 Å². The van der Waals surface area contributed by atoms with Crippen molar-refractivity contribution in [1.82, 2.24) is 14.1 Å². The number of benzene rings is 2. The number of aromatic nitrogens is 2. The molecule has 1 atom stereocenters. The highest BCUT2D eigenvalue weighted by Gasteiger charge is 2.33. The number of carbonyl (C=O) groups is 1. The average Bonchev–Trinajstić information content (AvgIpc) is 3.14. The van der Waals surface area contributed by atoms with Gasteiger partial charge < -0.3 is 5.32 Å². The van der Waals surface area contributed by atoms with Crippen LogP contribution in [0.3, 0.4) is 0 Å². The van der Waals surface area contributed by atoms with E-state index in [1.165, 1.54) is 16.4 Å². The lowest BCUT2D eigenvalue weighted by atomic mass is 9.99. The van der Waals surface area contributed by atoms with E-state index in [1.54, 1.807) is 10.7 Å². The second-order valence-corrected chi connectivity index (χ2v) is 9.50. The fraction of sp³-hybridized carbons (Fsp3) is 0.273. The number of hydrogen-bond donors (Lipinski definition) is 1. The van der Waals surface area contributed by atoms with Crippen LogP contribution in [0.2, 0.25) is 0 Å². The SMILES string of the molecule is Cc1cc(NC(=O)C2CCCN(S(=O)(=O)c3ccc(F)cc3)C2)n(-c2ccccc2)n1. The lowest BCUT2D eigenvalue weighted by molar-refractivity contribution is -0.120. The van der Waals surface area contributed by atoms with Crippen LogP contribution >= 0.6 is 0 Å². The lowest BCUT2D eigenvalue weighted by Gasteiger charge is -2.31. The quantitative estimate of drug-likeness (QED) is 0.657. The van der Waals surface area contributed by atoms with Gasteiger partial charge in [-0.25, -0.2) is 17.5 Å². The molecule has 0 spiro atoms. The van der Waals surface area contributed by atoms with Crippen molar-refractivity contribution in [2.24, 2.45) is 5.92 Å². The van der Waals surface area contributed by atoms with Gasteiger partial charge >= 0.3 is 0 Å². The number of para-hydroxylation sites is 1. The van der Waals surface area contributed by atoms with Crippen LogP contribution < -0.4 is 5.32 Å². The Labute approximate surface area is 180 Å². The molecule has 162 valence electrons. The van der Waals surface area contributed by atoms with E-state index in [9.17, 15) is 17.6 Å². The average molecular weight is 443 g/mol. The Balaban J connectivity index is 1.51. The first-order chi connectivity index (χ1) is 14.8. The van der Waals surface area contributed by atoms with E-state index in [4.69, 9.17) is 0 Å². The number of nitrogens with one attached hydrogen (secondary N) is 1. The molecule has 9 heteroatoms. The van der Waals surface area contributed by atoms with Gasteiger partial charge in [-0.05, 0) is 56.2 Å². The first-order valence-electron chi connectivity index (χ1n) is 10.0. The third-order valence-electron chi connectivity index (χ3n) is 5.29. The smallest absolute Gasteiger partial charge is 0.243 e. The minimum Gasteiger partial charge on any atom is -0.310 e. The highest BCUT2D eigenvalue weighted by atomic mass is 32.2. The molecule has 0 aliphatic carbocycles. The van der Waals surface area contributed by atoms with Crippen LogP contribution in [0, 0.1) is 18.7 Å². The molecule has 1 fully saturated rings. The maximum absolute atomic E-state index is 13.2. The molecule has 2 heterocycles. The summed E-state index contributed by atoms with van der Waals surface area (Å²) >= 11 is 0. The van der Waals surface area contributed by atoms with Crippen LogP contribution in [0.1, 0.15) is 18.5 Å². The standard InChI is InChI=1S/C22H23FN4O3S/c1-16-14-21(27(25-16)19-7-3-2-4-8-19)24-22(28)17-6-5-13-26(15-17)31(29,30)20-11-9-18(23)10-12-20/h2-4,7-12,14,17H,5-6,13,15H2,1H3,(H,24,28). The Kier molecular flexibility index (Phi) is 5.88. The Morgan fingerprint density at radius 3 is 2.55 bits per heavy atom. The zero-order valence-corrected chi connectivity index (χ0v) is 17.8. The summed E-state index contributed by atoms with van der Waals surface area (Å²) in [7, 11) is -3.80. The van der Waals surface area contributed by atoms with Crippen molar-refractivity contribution in [2.45, 2.75) is 24.7 Å². The van der Waals surface area contributed by atoms with Gasteiger partial charge in [-0.3, -0.25) is 4.79 Å². The number of carbonyl (C=O) groups excluding carboxylic acids is 1. The zero-order chi connectivity index (χ0) is 22.0. The molecule has 2 aromatic carbocycles. The van der Waals surface area contributed by atoms with Gasteiger partial charge in [0, 0.05) is 19.2 Å². The molecule has 3 aromatic rings. The van der Waals surface area contributed by atoms with E-state index >= 15 is 0 Å². The van der Waals surface area contributed by atoms with Crippen molar-refractivity contribution >= 4 is 21.7 Å². The molecule has 1 unspecified atom stereocenters. The molecule has 1 aliphatic rings. The molecule has 1 aliphatic heterocycles. The summed E-state index contributed by atoms with van der Waals surface area (Å²) in [6.45, 7) is 2.24. The molecular formula is C22H23FN4O3S. The maximum Gasteiger partial charge on any atom is 0.243 e. The lowest BCUT2D eigenvalue weighted by Crippen LogP contribution is -2.43. The van der Waals surface area contributed by atoms with E-state index in [0.29, 0.717) is 25.2 Å².